The molecule has 3 nitrogen and oxygen atoms in total. The Kier molecular flexibility index (Phi) is 119. The van der Waals surface area contributed by atoms with Crippen LogP contribution in [-0.2, 0) is 929 Å². The van der Waals surface area contributed by atoms with Crippen LogP contribution in [0.3, 0.4) is 0 Å². The van der Waals surface area contributed by atoms with Crippen LogP contribution in [0.4, 0.5) is 0 Å². The topological polar surface area (TPSA) is 23.4 Å². The second kappa shape index (κ2) is 114. The highest BCUT2D eigenvalue weighted by atomic mass is 33.6. The van der Waals surface area contributed by atoms with Crippen LogP contribution < -0.4 is 5.46 Å². The standard InChI is InChI=1S/C36H32BNO2.S103/c1-35(2)36(3,4)40-37(39-35)29-17-19-30(20-18-29)38-33-21-15-27(25-11-7-5-8-12-25)23-31(33)32-24-28(16-22-34(32)38)26-13-9-6-10-14-26;1-3-5-7-9-11-13-15-17-19-21-23-25-27-29-31-33-35-37-39-41-43-45-47-49-51-53-55-57-59-61-63-65-67-69-71-73-75-77-79-81-83-85-87-89-91-93-95-97-99-101-103-102-100-98-96-94-92-90-88-86-84-82-80-78-76-74-72-70-68-66-64-62-60-58-56-54-52-50-48-46-44-42-40-38-36-34-32-30-28-26-24-22-20-18-16-14-12-10-8-6-4-2/h5-24H,1-4H3;. The lowest BCUT2D eigenvalue weighted by Crippen LogP contribution is -2.41. The summed E-state index contributed by atoms with van der Waals surface area (Å²) >= 11 is 9.66. The summed E-state index contributed by atoms with van der Waals surface area (Å²) in [7, 11) is 182. The molecule has 6 aromatic rings. The van der Waals surface area contributed by atoms with Crippen LogP contribution in [0.15, 0.2) is 121 Å². The second-order valence-electron chi connectivity index (χ2n) is 18.6. The molecule has 0 aliphatic carbocycles. The first-order chi connectivity index (χ1) is 70.7. The first-order valence-electron chi connectivity index (χ1n) is 31.0. The number of fused-ring (bicyclic) bond motifs is 3. The van der Waals surface area contributed by atoms with Crippen LogP contribution >= 0.6 is 0 Å². The smallest absolute Gasteiger partial charge is 0.399 e. The first-order valence-corrected chi connectivity index (χ1v) is 167. The molecule has 0 bridgehead atoms. The normalized spacial score (nSPS) is 10.2. The monoisotopic (exact) mass is 3810 g/mol. The number of rotatable bonds is 4. The Morgan fingerprint density at radius 3 is 0.469 bits per heavy atom. The van der Waals surface area contributed by atoms with Crippen molar-refractivity contribution in [2.24, 2.45) is 0 Å². The summed E-state index contributed by atoms with van der Waals surface area (Å²) in [4.78, 5) is 0. The van der Waals surface area contributed by atoms with Crippen LogP contribution in [0.1, 0.15) is 27.7 Å². The van der Waals surface area contributed by atoms with Crippen molar-refractivity contribution in [3.63, 3.8) is 0 Å². The Balaban J connectivity index is 0.000000634. The average molecular weight is 3820 g/mol. The van der Waals surface area contributed by atoms with Crippen molar-refractivity contribution in [2.75, 3.05) is 0 Å². The van der Waals surface area contributed by atoms with Crippen molar-refractivity contribution in [3.8, 4) is 27.9 Å². The number of aromatic nitrogens is 1. The van der Waals surface area contributed by atoms with Crippen molar-refractivity contribution in [1.29, 1.82) is 0 Å². The molecule has 1 aromatic heterocycles. The zero-order valence-electron chi connectivity index (χ0n) is 65.4. The van der Waals surface area contributed by atoms with Crippen LogP contribution in [0.25, 0.3) is 49.7 Å². The maximum Gasteiger partial charge on any atom is 0.494 e. The highest BCUT2D eigenvalue weighted by Crippen LogP contribution is 2.39. The van der Waals surface area contributed by atoms with Gasteiger partial charge in [-0.15, -0.1) is 0 Å². The summed E-state index contributed by atoms with van der Waals surface area (Å²) in [5.41, 5.74) is 8.65. The van der Waals surface area contributed by atoms with Gasteiger partial charge in [-0.1, -0.05) is 84.9 Å². The minimum absolute atomic E-state index is 0.365. The summed E-state index contributed by atoms with van der Waals surface area (Å²) < 4.78 is 15.0. The SMILES string of the molecule is CC1(C)OB(c2ccc(-n3c4ccc(-c5ccccc5)cc4c4cc(-c5ccccc5)ccc43)cc2)OC1(C)C.S=S=S=S=S=S=S=S=S=S=S=S=S=S=S=S=S=S=S=S=S=S=S=S=S=S=S=S=S=S=S=S=S=S=S=S=S=S=S=S=S=S=S=S=S=S=S=S=S=S=S=S=S=S=S=S=S=S=S=S=S=S=S=S=S=S=S=S=S=S=S=S=S=S=S=S=S=S=S=S=S=S=S=S=S=S=S=S=S=S=S=S=S=S=S=S=S=S=S=S=S=S=S. The molecule has 0 radical (unpaired) electrons. The molecule has 0 spiro atoms. The summed E-state index contributed by atoms with van der Waals surface area (Å²) in [6.07, 6.45) is 0. The molecule has 143 heavy (non-hydrogen) atoms. The summed E-state index contributed by atoms with van der Waals surface area (Å²) in [5, 5.41) is 2.48. The van der Waals surface area contributed by atoms with Crippen molar-refractivity contribution >= 4 is 954 Å². The Bertz CT molecular complexity index is 10600. The maximum atomic E-state index is 6.30. The van der Waals surface area contributed by atoms with Gasteiger partial charge < -0.3 is 13.9 Å². The van der Waals surface area contributed by atoms with E-state index in [1.807, 2.05) is 773 Å². The molecule has 2 heterocycles. The number of hydrogen-bond acceptors (Lipinski definition) is 4. The lowest BCUT2D eigenvalue weighted by atomic mass is 9.79. The van der Waals surface area contributed by atoms with Gasteiger partial charge in [-0.25, -0.2) is 0 Å². The van der Waals surface area contributed by atoms with Crippen LogP contribution in [0, 0.1) is 0 Å². The van der Waals surface area contributed by atoms with E-state index in [2.05, 4.69) is 154 Å². The maximum absolute atomic E-state index is 6.30. The van der Waals surface area contributed by atoms with Crippen molar-refractivity contribution in [1.82, 2.24) is 4.57 Å². The predicted octanol–water partition coefficient (Wildman–Crippen LogP) is 8.17. The van der Waals surface area contributed by atoms with Gasteiger partial charge in [0.25, 0.3) is 0 Å². The highest BCUT2D eigenvalue weighted by molar-refractivity contribution is 8.88. The van der Waals surface area contributed by atoms with Gasteiger partial charge in [0.05, 0.1) is 22.2 Å². The largest absolute Gasteiger partial charge is 0.494 e. The Morgan fingerprint density at radius 1 is 0.175 bits per heavy atom. The molecule has 0 N–H and O–H groups in total. The lowest BCUT2D eigenvalue weighted by molar-refractivity contribution is 0.00578. The van der Waals surface area contributed by atoms with Gasteiger partial charge in [-0.2, -0.15) is 0 Å². The first kappa shape index (κ1) is 150. The van der Waals surface area contributed by atoms with Gasteiger partial charge in [0.15, 0.2) is 0 Å². The van der Waals surface area contributed by atoms with Crippen LogP contribution in [0.2, 0.25) is 0 Å². The number of benzene rings is 5. The number of nitrogens with zero attached hydrogens (tertiary/aromatic N) is 1. The zero-order valence-corrected chi connectivity index (χ0v) is 150. The Labute approximate surface area is 1120 Å². The van der Waals surface area contributed by atoms with E-state index in [1.165, 1.54) is 61.8 Å². The van der Waals surface area contributed by atoms with E-state index in [4.69, 9.17) is 31.7 Å². The fourth-order valence-electron chi connectivity index (χ4n) is 6.80. The summed E-state index contributed by atoms with van der Waals surface area (Å²) in [6.45, 7) is 8.36. The van der Waals surface area contributed by atoms with E-state index in [0.29, 0.717) is 0 Å². The van der Waals surface area contributed by atoms with Gasteiger partial charge >= 0.3 is 7.12 Å². The molecule has 7 rings (SSSR count). The van der Waals surface area contributed by atoms with Gasteiger partial charge in [0.2, 0.25) is 0 Å². The molecule has 1 fully saturated rings. The van der Waals surface area contributed by atoms with Gasteiger partial charge in [-0.05, 0) is 91.8 Å². The zero-order chi connectivity index (χ0) is 101. The highest BCUT2D eigenvalue weighted by Gasteiger charge is 2.51. The third kappa shape index (κ3) is 85.3. The van der Waals surface area contributed by atoms with E-state index < -0.39 is 0 Å². The molecule has 1 aliphatic heterocycles. The minimum Gasteiger partial charge on any atom is -0.399 e. The van der Waals surface area contributed by atoms with E-state index in [-0.39, 0.29) is 18.3 Å². The molecule has 0 amide bonds. The summed E-state index contributed by atoms with van der Waals surface area (Å²) in [6, 6.07) is 43.4. The Hall–Kier alpha value is 18.5. The quantitative estimate of drug-likeness (QED) is 0.167. The molecule has 814 valence electrons. The average Bonchev–Trinajstić information content (AvgIpc) is 1.58. The van der Waals surface area contributed by atoms with Crippen molar-refractivity contribution in [2.45, 2.75) is 38.9 Å². The molecule has 107 heteroatoms. The molecule has 1 aliphatic rings. The summed E-state index contributed by atoms with van der Waals surface area (Å²) in [5.74, 6) is 0. The predicted molar refractivity (Wildman–Crippen MR) is 926 cm³/mol. The lowest BCUT2D eigenvalue weighted by Gasteiger charge is -2.32. The fraction of sp³-hybridized carbons (Fsp3) is 0.167. The Morgan fingerprint density at radius 2 is 0.322 bits per heavy atom. The molecule has 0 unspecified atom stereocenters. The molecule has 1 saturated heterocycles. The van der Waals surface area contributed by atoms with Crippen LogP contribution in [0.5, 0.6) is 0 Å². The number of hydrogen-bond donors (Lipinski definition) is 0. The second-order valence-corrected chi connectivity index (χ2v) is 197. The van der Waals surface area contributed by atoms with E-state index in [9.17, 15) is 0 Å². The minimum atomic E-state index is -0.376. The molecular weight excluding hydrogens is 3790 g/mol. The molecule has 0 saturated carbocycles. The third-order valence-corrected chi connectivity index (χ3v) is 234. The van der Waals surface area contributed by atoms with Gasteiger partial charge in [0.1, 0.15) is 0 Å². The van der Waals surface area contributed by atoms with E-state index in [0.717, 1.165) is 11.2 Å². The molecule has 0 atom stereocenters. The van der Waals surface area contributed by atoms with Crippen molar-refractivity contribution < 1.29 is 9.31 Å². The third-order valence-electron chi connectivity index (χ3n) is 11.4. The van der Waals surface area contributed by atoms with E-state index >= 15 is 0 Å². The van der Waals surface area contributed by atoms with Gasteiger partial charge in [0, 0.05) is 936 Å². The fourth-order valence-corrected chi connectivity index (χ4v) is 278. The molecule has 5 aromatic carbocycles. The van der Waals surface area contributed by atoms with Crippen LogP contribution in [-0.4, -0.2) is 22.9 Å². The van der Waals surface area contributed by atoms with Gasteiger partial charge in [-0.3, -0.25) is 0 Å². The van der Waals surface area contributed by atoms with E-state index in [1.54, 1.807) is 107 Å². The van der Waals surface area contributed by atoms with Crippen molar-refractivity contribution in [3.05, 3.63) is 121 Å². The molecular formula is C36H32BNO2S103.